The summed E-state index contributed by atoms with van der Waals surface area (Å²) < 4.78 is 14.7. The number of carbonyl (C=O) groups excluding carboxylic acids is 1. The second-order valence-corrected chi connectivity index (χ2v) is 10.0. The van der Waals surface area contributed by atoms with Crippen LogP contribution in [0.15, 0.2) is 35.3 Å². The van der Waals surface area contributed by atoms with Gasteiger partial charge in [-0.3, -0.25) is 14.9 Å². The lowest BCUT2D eigenvalue weighted by molar-refractivity contribution is -0.152. The van der Waals surface area contributed by atoms with E-state index in [0.29, 0.717) is 24.6 Å². The molecule has 1 aliphatic heterocycles. The molecular formula is C27H36N4O5. The fourth-order valence-corrected chi connectivity index (χ4v) is 4.65. The van der Waals surface area contributed by atoms with Gasteiger partial charge in [-0.1, -0.05) is 6.07 Å². The number of ether oxygens (including phenoxy) is 2. The van der Waals surface area contributed by atoms with Gasteiger partial charge in [0, 0.05) is 50.0 Å². The first kappa shape index (κ1) is 26.1. The summed E-state index contributed by atoms with van der Waals surface area (Å²) in [4.78, 5) is 29.6. The largest absolute Gasteiger partial charge is 0.462 e. The summed E-state index contributed by atoms with van der Waals surface area (Å²) in [6.07, 6.45) is 1.66. The number of nitrogens with one attached hydrogen (secondary N) is 1. The summed E-state index contributed by atoms with van der Waals surface area (Å²) in [5, 5.41) is 13.3. The molecule has 194 valence electrons. The van der Waals surface area contributed by atoms with E-state index < -0.39 is 18.1 Å². The first-order valence-corrected chi connectivity index (χ1v) is 12.5. The Hall–Kier alpha value is -3.01. The number of aliphatic hydroxyl groups excluding tert-OH is 1. The Kier molecular flexibility index (Phi) is 7.92. The highest BCUT2D eigenvalue weighted by Gasteiger charge is 2.26. The molecule has 0 bridgehead atoms. The molecular weight excluding hydrogens is 460 g/mol. The van der Waals surface area contributed by atoms with E-state index in [4.69, 9.17) is 14.5 Å². The normalized spacial score (nSPS) is 17.6. The Morgan fingerprint density at radius 1 is 1.31 bits per heavy atom. The summed E-state index contributed by atoms with van der Waals surface area (Å²) in [6.45, 7) is 9.55. The zero-order valence-electron chi connectivity index (χ0n) is 21.7. The third-order valence-corrected chi connectivity index (χ3v) is 6.51. The lowest BCUT2D eigenvalue weighted by Crippen LogP contribution is -2.46. The van der Waals surface area contributed by atoms with Crippen molar-refractivity contribution in [1.82, 2.24) is 19.4 Å². The molecule has 0 aliphatic carbocycles. The Bertz CT molecular complexity index is 1260. The molecule has 2 aromatic heterocycles. The van der Waals surface area contributed by atoms with Gasteiger partial charge in [0.1, 0.15) is 11.9 Å². The maximum Gasteiger partial charge on any atom is 0.326 e. The highest BCUT2D eigenvalue weighted by molar-refractivity contribution is 5.81. The van der Waals surface area contributed by atoms with Crippen LogP contribution in [0.4, 0.5) is 0 Å². The van der Waals surface area contributed by atoms with E-state index in [2.05, 4.69) is 16.0 Å². The number of hydrogen-bond acceptors (Lipinski definition) is 7. The molecule has 3 atom stereocenters. The van der Waals surface area contributed by atoms with Gasteiger partial charge in [0.05, 0.1) is 29.8 Å². The molecule has 0 amide bonds. The summed E-state index contributed by atoms with van der Waals surface area (Å²) in [6, 6.07) is 7.06. The first-order valence-electron chi connectivity index (χ1n) is 12.5. The predicted molar refractivity (Wildman–Crippen MR) is 138 cm³/mol. The fraction of sp³-hybridized carbons (Fsp3) is 0.519. The van der Waals surface area contributed by atoms with Crippen molar-refractivity contribution in [1.29, 1.82) is 0 Å². The molecule has 9 nitrogen and oxygen atoms in total. The monoisotopic (exact) mass is 496 g/mol. The number of carbonyl (C=O) groups is 1. The van der Waals surface area contributed by atoms with E-state index in [1.165, 1.54) is 0 Å². The number of aliphatic hydroxyl groups is 1. The Balaban J connectivity index is 1.69. The highest BCUT2D eigenvalue weighted by atomic mass is 16.5. The molecule has 1 saturated heterocycles. The summed E-state index contributed by atoms with van der Waals surface area (Å²) in [5.41, 5.74) is 4.31. The van der Waals surface area contributed by atoms with Gasteiger partial charge < -0.3 is 23.7 Å². The lowest BCUT2D eigenvalue weighted by atomic mass is 10.1. The van der Waals surface area contributed by atoms with Crippen molar-refractivity contribution in [2.75, 3.05) is 13.2 Å². The maximum atomic E-state index is 12.4. The molecule has 3 heterocycles. The maximum absolute atomic E-state index is 12.4. The van der Waals surface area contributed by atoms with Crippen LogP contribution in [-0.4, -0.2) is 56.7 Å². The number of pyridine rings is 1. The Morgan fingerprint density at radius 2 is 2.08 bits per heavy atom. The van der Waals surface area contributed by atoms with E-state index in [0.717, 1.165) is 47.6 Å². The van der Waals surface area contributed by atoms with Crippen molar-refractivity contribution < 1.29 is 19.4 Å². The molecule has 1 fully saturated rings. The second-order valence-electron chi connectivity index (χ2n) is 10.0. The molecule has 4 rings (SSSR count). The van der Waals surface area contributed by atoms with Crippen molar-refractivity contribution >= 4 is 17.0 Å². The van der Waals surface area contributed by atoms with Gasteiger partial charge in [0.15, 0.2) is 0 Å². The quantitative estimate of drug-likeness (QED) is 0.439. The van der Waals surface area contributed by atoms with Crippen molar-refractivity contribution in [2.24, 2.45) is 13.0 Å². The molecule has 3 unspecified atom stereocenters. The van der Waals surface area contributed by atoms with Crippen LogP contribution in [0.2, 0.25) is 0 Å². The Morgan fingerprint density at radius 3 is 2.72 bits per heavy atom. The van der Waals surface area contributed by atoms with Gasteiger partial charge in [-0.05, 0) is 57.9 Å². The number of fused-ring (bicyclic) bond motifs is 1. The van der Waals surface area contributed by atoms with Crippen LogP contribution in [0, 0.1) is 12.8 Å². The van der Waals surface area contributed by atoms with Crippen molar-refractivity contribution in [3.63, 3.8) is 0 Å². The number of imidazole rings is 1. The number of hydrogen-bond donors (Lipinski definition) is 2. The predicted octanol–water partition coefficient (Wildman–Crippen LogP) is 2.54. The zero-order chi connectivity index (χ0) is 26.0. The van der Waals surface area contributed by atoms with Crippen LogP contribution < -0.4 is 10.9 Å². The highest BCUT2D eigenvalue weighted by Crippen LogP contribution is 2.28. The minimum Gasteiger partial charge on any atom is -0.462 e. The molecule has 1 aromatic carbocycles. The topological polar surface area (TPSA) is 108 Å². The van der Waals surface area contributed by atoms with Crippen molar-refractivity contribution in [3.8, 4) is 11.4 Å². The van der Waals surface area contributed by atoms with E-state index in [-0.39, 0.29) is 11.7 Å². The number of nitrogens with zero attached hydrogens (tertiary/aromatic N) is 3. The zero-order valence-corrected chi connectivity index (χ0v) is 21.7. The molecule has 0 spiro atoms. The van der Waals surface area contributed by atoms with E-state index in [1.807, 2.05) is 31.3 Å². The summed E-state index contributed by atoms with van der Waals surface area (Å²) >= 11 is 0. The first-order chi connectivity index (χ1) is 17.1. The molecule has 3 aromatic rings. The van der Waals surface area contributed by atoms with Gasteiger partial charge in [-0.25, -0.2) is 4.98 Å². The number of benzene rings is 1. The average Bonchev–Trinajstić information content (AvgIpc) is 3.45. The standard InChI is InChI=1S/C27H36N4O5/c1-16(2)36-27(34)24(18(4)32)28-12-19-6-7-22-23(11-19)31(13-20-8-9-35-15-20)25(29-22)21-10-17(3)26(33)30(5)14-21/h6-7,10-11,14,16,18,20,24,28,32H,8-9,12-13,15H2,1-5H3. The number of esters is 1. The Labute approximate surface area is 211 Å². The number of aryl methyl sites for hydroxylation is 2. The molecule has 9 heteroatoms. The average molecular weight is 497 g/mol. The molecule has 36 heavy (non-hydrogen) atoms. The van der Waals surface area contributed by atoms with Crippen LogP contribution in [-0.2, 0) is 34.4 Å². The van der Waals surface area contributed by atoms with Gasteiger partial charge in [-0.15, -0.1) is 0 Å². The molecule has 0 saturated carbocycles. The lowest BCUT2D eigenvalue weighted by Gasteiger charge is -2.21. The summed E-state index contributed by atoms with van der Waals surface area (Å²) in [5.74, 6) is 0.713. The third-order valence-electron chi connectivity index (χ3n) is 6.51. The van der Waals surface area contributed by atoms with Gasteiger partial charge in [-0.2, -0.15) is 0 Å². The summed E-state index contributed by atoms with van der Waals surface area (Å²) in [7, 11) is 1.75. The fourth-order valence-electron chi connectivity index (χ4n) is 4.65. The number of rotatable bonds is 9. The molecule has 2 N–H and O–H groups in total. The van der Waals surface area contributed by atoms with Gasteiger partial charge >= 0.3 is 5.97 Å². The molecule has 0 radical (unpaired) electrons. The minimum absolute atomic E-state index is 0.0253. The van der Waals surface area contributed by atoms with Gasteiger partial charge in [0.2, 0.25) is 0 Å². The SMILES string of the molecule is Cc1cc(-c2nc3ccc(CNC(C(=O)OC(C)C)C(C)O)cc3n2CC2CCOC2)cn(C)c1=O. The van der Waals surface area contributed by atoms with Crippen LogP contribution in [0.25, 0.3) is 22.4 Å². The smallest absolute Gasteiger partial charge is 0.326 e. The van der Waals surface area contributed by atoms with E-state index in [9.17, 15) is 14.7 Å². The van der Waals surface area contributed by atoms with Crippen LogP contribution in [0.1, 0.15) is 38.3 Å². The van der Waals surface area contributed by atoms with Gasteiger partial charge in [0.25, 0.3) is 5.56 Å². The minimum atomic E-state index is -0.896. The number of aromatic nitrogens is 3. The van der Waals surface area contributed by atoms with E-state index in [1.54, 1.807) is 32.4 Å². The second kappa shape index (κ2) is 10.9. The van der Waals surface area contributed by atoms with Crippen LogP contribution in [0.3, 0.4) is 0 Å². The van der Waals surface area contributed by atoms with Crippen LogP contribution >= 0.6 is 0 Å². The van der Waals surface area contributed by atoms with E-state index >= 15 is 0 Å². The van der Waals surface area contributed by atoms with Crippen molar-refractivity contribution in [3.05, 3.63) is 51.9 Å². The van der Waals surface area contributed by atoms with Crippen molar-refractivity contribution in [2.45, 2.75) is 65.5 Å². The molecule has 1 aliphatic rings. The van der Waals surface area contributed by atoms with Crippen LogP contribution in [0.5, 0.6) is 0 Å². The third kappa shape index (κ3) is 5.69.